The van der Waals surface area contributed by atoms with Crippen molar-refractivity contribution < 1.29 is 16.4 Å². The van der Waals surface area contributed by atoms with Crippen molar-refractivity contribution in [3.8, 4) is 55.6 Å². The van der Waals surface area contributed by atoms with Crippen molar-refractivity contribution in [3.05, 3.63) is 224 Å². The van der Waals surface area contributed by atoms with Gasteiger partial charge in [-0.1, -0.05) is 176 Å². The number of hydrogen-bond acceptors (Lipinski definition) is 1. The maximum absolute atomic E-state index is 9.83. The maximum atomic E-state index is 9.83. The highest BCUT2D eigenvalue weighted by atomic mass is 15.1. The molecule has 0 bridgehead atoms. The molecule has 9 aromatic carbocycles. The average molecular weight is 688 g/mol. The van der Waals surface area contributed by atoms with Gasteiger partial charge in [-0.25, -0.2) is 0 Å². The summed E-state index contributed by atoms with van der Waals surface area (Å²) >= 11 is 0. The molecule has 9 rings (SSSR count). The number of rotatable bonds is 8. The van der Waals surface area contributed by atoms with Crippen LogP contribution in [-0.2, 0) is 0 Å². The van der Waals surface area contributed by atoms with E-state index >= 15 is 0 Å². The van der Waals surface area contributed by atoms with E-state index in [9.17, 15) is 13.7 Å². The Bertz CT molecular complexity index is 3140. The Labute approximate surface area is 328 Å². The van der Waals surface area contributed by atoms with Gasteiger partial charge in [0.1, 0.15) is 0 Å². The Morgan fingerprint density at radius 3 is 1.34 bits per heavy atom. The van der Waals surface area contributed by atoms with Gasteiger partial charge in [-0.15, -0.1) is 0 Å². The van der Waals surface area contributed by atoms with E-state index in [2.05, 4.69) is 0 Å². The summed E-state index contributed by atoms with van der Waals surface area (Å²) in [6.07, 6.45) is 0. The number of nitrogens with zero attached hydrogens (tertiary/aromatic N) is 1. The molecular formula is C52H37N. The zero-order chi connectivity index (χ0) is 45.8. The first-order chi connectivity index (χ1) is 31.3. The van der Waals surface area contributed by atoms with E-state index in [0.717, 1.165) is 32.5 Å². The zero-order valence-electron chi connectivity index (χ0n) is 40.4. The van der Waals surface area contributed by atoms with Gasteiger partial charge in [0.25, 0.3) is 0 Å². The van der Waals surface area contributed by atoms with Crippen molar-refractivity contribution >= 4 is 27.8 Å². The smallest absolute Gasteiger partial charge is 0.0651 e. The summed E-state index contributed by atoms with van der Waals surface area (Å²) in [6.45, 7) is 0. The van der Waals surface area contributed by atoms with Crippen molar-refractivity contribution in [1.82, 2.24) is 0 Å². The molecule has 0 radical (unpaired) electrons. The number of hydrogen-bond donors (Lipinski definition) is 0. The molecule has 0 saturated heterocycles. The van der Waals surface area contributed by atoms with Gasteiger partial charge in [0.15, 0.2) is 0 Å². The van der Waals surface area contributed by atoms with Crippen LogP contribution < -0.4 is 4.90 Å². The Morgan fingerprint density at radius 2 is 0.774 bits per heavy atom. The number of benzene rings is 9. The van der Waals surface area contributed by atoms with Crippen molar-refractivity contribution in [2.45, 2.75) is 0 Å². The largest absolute Gasteiger partial charge is 0.310 e. The van der Waals surface area contributed by atoms with E-state index in [0.29, 0.717) is 22.1 Å². The molecule has 0 amide bonds. The first-order valence-corrected chi connectivity index (χ1v) is 17.2. The first kappa shape index (κ1) is 21.4. The van der Waals surface area contributed by atoms with Gasteiger partial charge in [0, 0.05) is 17.1 Å². The van der Waals surface area contributed by atoms with Crippen LogP contribution in [0.15, 0.2) is 224 Å². The van der Waals surface area contributed by atoms with E-state index in [1.165, 1.54) is 0 Å². The van der Waals surface area contributed by atoms with E-state index in [4.69, 9.17) is 2.74 Å². The first-order valence-electron chi connectivity index (χ1n) is 23.2. The molecule has 0 atom stereocenters. The van der Waals surface area contributed by atoms with E-state index in [-0.39, 0.29) is 16.7 Å². The molecule has 0 N–H and O–H groups in total. The molecule has 0 heterocycles. The fourth-order valence-corrected chi connectivity index (χ4v) is 6.45. The topological polar surface area (TPSA) is 3.24 Å². The van der Waals surface area contributed by atoms with Gasteiger partial charge in [-0.2, -0.15) is 0 Å². The second-order valence-corrected chi connectivity index (χ2v) is 12.4. The highest BCUT2D eigenvalue weighted by Crippen LogP contribution is 2.40. The monoisotopic (exact) mass is 687 g/mol. The SMILES string of the molecule is [2H]c1c([2H])c(-c2cccc3ccccc23)c([2H])c(N(c2c([2H])c([2H])c(-c3cccc(-c4ccccc4)c3)c([2H])c2[2H])c2c([2H])c([2H])c(-c3cccc(-c4ccccc4)c3)c([2H])c2[2H])c1[2H]. The molecule has 250 valence electrons. The molecule has 0 aliphatic carbocycles. The van der Waals surface area contributed by atoms with Crippen LogP contribution in [-0.4, -0.2) is 0 Å². The minimum Gasteiger partial charge on any atom is -0.310 e. The molecule has 0 aliphatic rings. The second kappa shape index (κ2) is 14.3. The van der Waals surface area contributed by atoms with Crippen molar-refractivity contribution in [2.24, 2.45) is 0 Å². The third-order valence-corrected chi connectivity index (χ3v) is 9.08. The van der Waals surface area contributed by atoms with Crippen LogP contribution in [0.2, 0.25) is 0 Å². The van der Waals surface area contributed by atoms with Crippen LogP contribution in [0, 0.1) is 0 Å². The summed E-state index contributed by atoms with van der Waals surface area (Å²) < 4.78 is 114. The van der Waals surface area contributed by atoms with Crippen LogP contribution in [0.1, 0.15) is 16.4 Å². The van der Waals surface area contributed by atoms with Crippen molar-refractivity contribution in [1.29, 1.82) is 0 Å². The van der Waals surface area contributed by atoms with Gasteiger partial charge in [-0.05, 0) is 115 Å². The highest BCUT2D eigenvalue weighted by Gasteiger charge is 2.15. The summed E-state index contributed by atoms with van der Waals surface area (Å²) in [5, 5.41) is 1.39. The predicted octanol–water partition coefficient (Wildman–Crippen LogP) is 14.6. The van der Waals surface area contributed by atoms with Gasteiger partial charge < -0.3 is 4.90 Å². The molecule has 1 heteroatoms. The molecule has 53 heavy (non-hydrogen) atoms. The van der Waals surface area contributed by atoms with E-state index in [1.54, 1.807) is 60.7 Å². The van der Waals surface area contributed by atoms with Crippen LogP contribution in [0.3, 0.4) is 0 Å². The van der Waals surface area contributed by atoms with Crippen LogP contribution in [0.4, 0.5) is 17.1 Å². The molecule has 0 unspecified atom stereocenters. The number of anilines is 3. The minimum absolute atomic E-state index is 0.0500. The summed E-state index contributed by atoms with van der Waals surface area (Å²) in [5.74, 6) is 0. The minimum atomic E-state index is -0.725. The Morgan fingerprint density at radius 1 is 0.321 bits per heavy atom. The fraction of sp³-hybridized carbons (Fsp3) is 0. The van der Waals surface area contributed by atoms with Gasteiger partial charge >= 0.3 is 0 Å². The molecule has 0 aromatic heterocycles. The van der Waals surface area contributed by atoms with Crippen molar-refractivity contribution in [3.63, 3.8) is 0 Å². The van der Waals surface area contributed by atoms with Gasteiger partial charge in [0.05, 0.1) is 16.4 Å². The molecule has 0 saturated carbocycles. The second-order valence-electron chi connectivity index (χ2n) is 12.4. The molecule has 9 aromatic rings. The van der Waals surface area contributed by atoms with Crippen molar-refractivity contribution in [2.75, 3.05) is 4.90 Å². The molecular weight excluding hydrogens is 639 g/mol. The van der Waals surface area contributed by atoms with Crippen LogP contribution in [0.25, 0.3) is 66.4 Å². The Balaban J connectivity index is 1.35. The maximum Gasteiger partial charge on any atom is 0.0651 e. The fourth-order valence-electron chi connectivity index (χ4n) is 6.45. The van der Waals surface area contributed by atoms with E-state index < -0.39 is 89.6 Å². The average Bonchev–Trinajstić information content (AvgIpc) is 3.33. The normalized spacial score (nSPS) is 14.2. The van der Waals surface area contributed by atoms with Crippen LogP contribution >= 0.6 is 0 Å². The molecule has 0 fully saturated rings. The summed E-state index contributed by atoms with van der Waals surface area (Å²) in [7, 11) is 0. The highest BCUT2D eigenvalue weighted by molar-refractivity contribution is 5.97. The lowest BCUT2D eigenvalue weighted by Crippen LogP contribution is -2.10. The lowest BCUT2D eigenvalue weighted by atomic mass is 9.97. The standard InChI is InChI=1S/C52H37N/c1-3-13-38(14-4-1)43-19-9-21-45(35-43)40-27-31-48(32-28-40)53(50-24-11-23-47(37-50)52-26-12-18-42-17-7-8-25-51(42)52)49-33-29-41(30-34-49)46-22-10-20-44(36-46)39-15-5-2-6-16-39/h1-37H/i11D,23D,24D,27D,28D,29D,30D,31D,32D,33D,34D,37D. The van der Waals surface area contributed by atoms with E-state index in [1.807, 2.05) is 91.0 Å². The lowest BCUT2D eigenvalue weighted by Gasteiger charge is -2.26. The Hall–Kier alpha value is -6.96. The summed E-state index contributed by atoms with van der Waals surface area (Å²) in [6, 6.07) is 38.5. The van der Waals surface area contributed by atoms with Gasteiger partial charge in [0.2, 0.25) is 0 Å². The molecule has 0 spiro atoms. The molecule has 0 aliphatic heterocycles. The predicted molar refractivity (Wildman–Crippen MR) is 226 cm³/mol. The summed E-state index contributed by atoms with van der Waals surface area (Å²) in [5.41, 5.74) is 2.54. The lowest BCUT2D eigenvalue weighted by molar-refractivity contribution is 1.28. The third kappa shape index (κ3) is 6.65. The number of fused-ring (bicyclic) bond motifs is 1. The van der Waals surface area contributed by atoms with Crippen LogP contribution in [0.5, 0.6) is 0 Å². The quantitative estimate of drug-likeness (QED) is 0.154. The third-order valence-electron chi connectivity index (χ3n) is 9.08. The molecule has 1 nitrogen and oxygen atoms in total. The zero-order valence-corrected chi connectivity index (χ0v) is 28.4. The van der Waals surface area contributed by atoms with Gasteiger partial charge in [-0.3, -0.25) is 0 Å². The summed E-state index contributed by atoms with van der Waals surface area (Å²) in [4.78, 5) is 0.895. The Kier molecular flexibility index (Phi) is 5.80.